The third-order valence-corrected chi connectivity index (χ3v) is 5.01. The highest BCUT2D eigenvalue weighted by atomic mass is 32.2. The van der Waals surface area contributed by atoms with Gasteiger partial charge in [-0.2, -0.15) is 0 Å². The van der Waals surface area contributed by atoms with Crippen LogP contribution in [0.2, 0.25) is 0 Å². The third kappa shape index (κ3) is 4.13. The molecule has 0 aliphatic rings. The molecule has 0 saturated heterocycles. The molecule has 4 N–H and O–H groups in total. The van der Waals surface area contributed by atoms with Gasteiger partial charge in [0.1, 0.15) is 4.21 Å². The summed E-state index contributed by atoms with van der Waals surface area (Å²) >= 11 is 0.717. The monoisotopic (exact) mass is 308 g/mol. The highest BCUT2D eigenvalue weighted by Crippen LogP contribution is 2.36. The fourth-order valence-electron chi connectivity index (χ4n) is 1.11. The number of anilines is 1. The van der Waals surface area contributed by atoms with Gasteiger partial charge in [-0.05, 0) is 5.41 Å². The van der Waals surface area contributed by atoms with Crippen molar-refractivity contribution in [2.45, 2.75) is 25.0 Å². The number of nitrogens with two attached hydrogens (primary N) is 1. The van der Waals surface area contributed by atoms with Crippen molar-refractivity contribution in [1.29, 1.82) is 0 Å². The van der Waals surface area contributed by atoms with E-state index in [0.29, 0.717) is 0 Å². The average Bonchev–Trinajstić information content (AvgIpc) is 2.70. The number of nitrogens with one attached hydrogen (secondary N) is 2. The molecule has 19 heavy (non-hydrogen) atoms. The van der Waals surface area contributed by atoms with Crippen LogP contribution in [0, 0.1) is 15.5 Å². The fraction of sp³-hybridized carbons (Fsp3) is 0.556. The Hall–Kier alpha value is -1.23. The van der Waals surface area contributed by atoms with Gasteiger partial charge in [0.15, 0.2) is 5.00 Å². The Kier molecular flexibility index (Phi) is 4.50. The Bertz CT molecular complexity index is 574. The summed E-state index contributed by atoms with van der Waals surface area (Å²) in [6.07, 6.45) is 0. The topological polar surface area (TPSA) is 127 Å². The number of hydrogen-bond donors (Lipinski definition) is 3. The standard InChI is InChI=1S/C9H16N4O4S2/c1-9(2,3)5-11-19(16,17)7-4-6(13(14)15)8(12-10)18-7/h4,11-12H,5,10H2,1-3H3. The normalized spacial score (nSPS) is 12.4. The fourth-order valence-corrected chi connectivity index (χ4v) is 3.68. The van der Waals surface area contributed by atoms with E-state index in [0.717, 1.165) is 17.4 Å². The second kappa shape index (κ2) is 5.41. The minimum Gasteiger partial charge on any atom is -0.310 e. The van der Waals surface area contributed by atoms with Crippen LogP contribution in [0.5, 0.6) is 0 Å². The Morgan fingerprint density at radius 1 is 1.47 bits per heavy atom. The lowest BCUT2D eigenvalue weighted by Crippen LogP contribution is -2.31. The molecule has 0 radical (unpaired) electrons. The van der Waals surface area contributed by atoms with Crippen molar-refractivity contribution in [2.24, 2.45) is 11.3 Å². The van der Waals surface area contributed by atoms with Gasteiger partial charge >= 0.3 is 5.69 Å². The number of thiophene rings is 1. The molecule has 0 unspecified atom stereocenters. The molecular formula is C9H16N4O4S2. The summed E-state index contributed by atoms with van der Waals surface area (Å²) in [6.45, 7) is 5.85. The van der Waals surface area contributed by atoms with Gasteiger partial charge in [-0.1, -0.05) is 32.1 Å². The smallest absolute Gasteiger partial charge is 0.306 e. The molecule has 0 aromatic carbocycles. The van der Waals surface area contributed by atoms with E-state index in [9.17, 15) is 18.5 Å². The first-order chi connectivity index (χ1) is 8.57. The minimum atomic E-state index is -3.77. The number of nitrogens with zero attached hydrogens (tertiary/aromatic N) is 1. The molecule has 0 aliphatic carbocycles. The number of nitro groups is 1. The lowest BCUT2D eigenvalue weighted by atomic mass is 9.98. The largest absolute Gasteiger partial charge is 0.310 e. The van der Waals surface area contributed by atoms with Crippen molar-refractivity contribution >= 4 is 32.0 Å². The van der Waals surface area contributed by atoms with Gasteiger partial charge in [0.25, 0.3) is 0 Å². The molecule has 10 heteroatoms. The summed E-state index contributed by atoms with van der Waals surface area (Å²) in [6, 6.07) is 0.991. The first-order valence-electron chi connectivity index (χ1n) is 5.31. The highest BCUT2D eigenvalue weighted by Gasteiger charge is 2.26. The van der Waals surface area contributed by atoms with Crippen molar-refractivity contribution in [3.8, 4) is 0 Å². The first-order valence-corrected chi connectivity index (χ1v) is 7.61. The summed E-state index contributed by atoms with van der Waals surface area (Å²) in [4.78, 5) is 10.1. The molecule has 0 aliphatic heterocycles. The summed E-state index contributed by atoms with van der Waals surface area (Å²) in [5.74, 6) is 5.13. The Balaban J connectivity index is 3.06. The zero-order valence-corrected chi connectivity index (χ0v) is 12.4. The second-order valence-electron chi connectivity index (χ2n) is 5.07. The molecule has 108 valence electrons. The molecule has 1 aromatic rings. The van der Waals surface area contributed by atoms with Crippen molar-refractivity contribution in [2.75, 3.05) is 12.0 Å². The molecule has 8 nitrogen and oxygen atoms in total. The van der Waals surface area contributed by atoms with E-state index in [1.54, 1.807) is 0 Å². The van der Waals surface area contributed by atoms with E-state index in [4.69, 9.17) is 5.84 Å². The maximum absolute atomic E-state index is 12.0. The first kappa shape index (κ1) is 15.8. The third-order valence-electron chi connectivity index (χ3n) is 2.08. The Morgan fingerprint density at radius 3 is 2.42 bits per heavy atom. The summed E-state index contributed by atoms with van der Waals surface area (Å²) < 4.78 is 26.3. The SMILES string of the molecule is CC(C)(C)CNS(=O)(=O)c1cc([N+](=O)[O-])c(NN)s1. The van der Waals surface area contributed by atoms with Crippen molar-refractivity contribution in [1.82, 2.24) is 4.72 Å². The molecule has 0 fully saturated rings. The van der Waals surface area contributed by atoms with Crippen LogP contribution in [-0.2, 0) is 10.0 Å². The van der Waals surface area contributed by atoms with E-state index >= 15 is 0 Å². The van der Waals surface area contributed by atoms with Crippen LogP contribution in [-0.4, -0.2) is 19.9 Å². The van der Waals surface area contributed by atoms with Crippen molar-refractivity contribution in [3.63, 3.8) is 0 Å². The van der Waals surface area contributed by atoms with Gasteiger partial charge in [-0.3, -0.25) is 10.1 Å². The lowest BCUT2D eigenvalue weighted by molar-refractivity contribution is -0.383. The Labute approximate surface area is 115 Å². The van der Waals surface area contributed by atoms with Gasteiger partial charge in [0, 0.05) is 12.6 Å². The van der Waals surface area contributed by atoms with Gasteiger partial charge in [-0.25, -0.2) is 19.0 Å². The maximum atomic E-state index is 12.0. The highest BCUT2D eigenvalue weighted by molar-refractivity contribution is 7.91. The number of rotatable bonds is 5. The molecule has 1 aromatic heterocycles. The molecule has 0 saturated carbocycles. The van der Waals surface area contributed by atoms with Crippen LogP contribution >= 0.6 is 11.3 Å². The second-order valence-corrected chi connectivity index (χ2v) is 8.11. The summed E-state index contributed by atoms with van der Waals surface area (Å²) in [5.41, 5.74) is 1.54. The zero-order chi connectivity index (χ0) is 14.8. The number of nitrogen functional groups attached to an aromatic ring is 1. The molecule has 1 heterocycles. The van der Waals surface area contributed by atoms with Crippen molar-refractivity contribution < 1.29 is 13.3 Å². The predicted molar refractivity (Wildman–Crippen MR) is 73.4 cm³/mol. The number of hydrogen-bond acceptors (Lipinski definition) is 7. The van der Waals surface area contributed by atoms with E-state index in [2.05, 4.69) is 10.1 Å². The molecule has 0 atom stereocenters. The zero-order valence-electron chi connectivity index (χ0n) is 10.8. The molecule has 0 amide bonds. The van der Waals surface area contributed by atoms with Crippen LogP contribution in [0.3, 0.4) is 0 Å². The Morgan fingerprint density at radius 2 is 2.05 bits per heavy atom. The van der Waals surface area contributed by atoms with Gasteiger partial charge in [0.05, 0.1) is 4.92 Å². The van der Waals surface area contributed by atoms with Crippen LogP contribution < -0.4 is 16.0 Å². The van der Waals surface area contributed by atoms with Gasteiger partial charge in [-0.15, -0.1) is 0 Å². The predicted octanol–water partition coefficient (Wildman–Crippen LogP) is 1.27. The lowest BCUT2D eigenvalue weighted by Gasteiger charge is -2.18. The molecular weight excluding hydrogens is 292 g/mol. The molecule has 1 rings (SSSR count). The summed E-state index contributed by atoms with van der Waals surface area (Å²) in [7, 11) is -3.77. The van der Waals surface area contributed by atoms with Crippen molar-refractivity contribution in [3.05, 3.63) is 16.2 Å². The van der Waals surface area contributed by atoms with Gasteiger partial charge < -0.3 is 5.43 Å². The van der Waals surface area contributed by atoms with Crippen LogP contribution in [0.25, 0.3) is 0 Å². The quantitative estimate of drug-likeness (QED) is 0.427. The van der Waals surface area contributed by atoms with Gasteiger partial charge in [0.2, 0.25) is 10.0 Å². The van der Waals surface area contributed by atoms with E-state index in [-0.39, 0.29) is 26.9 Å². The van der Waals surface area contributed by atoms with Crippen LogP contribution in [0.4, 0.5) is 10.7 Å². The minimum absolute atomic E-state index is 0.00105. The van der Waals surface area contributed by atoms with Crippen LogP contribution in [0.15, 0.2) is 10.3 Å². The van der Waals surface area contributed by atoms with Crippen LogP contribution in [0.1, 0.15) is 20.8 Å². The number of sulfonamides is 1. The molecule has 0 bridgehead atoms. The molecule has 0 spiro atoms. The maximum Gasteiger partial charge on any atom is 0.306 e. The summed E-state index contributed by atoms with van der Waals surface area (Å²) in [5, 5.41) is 10.7. The van der Waals surface area contributed by atoms with E-state index in [1.807, 2.05) is 20.8 Å². The van der Waals surface area contributed by atoms with E-state index in [1.165, 1.54) is 0 Å². The van der Waals surface area contributed by atoms with E-state index < -0.39 is 14.9 Å². The number of hydrazine groups is 1. The average molecular weight is 308 g/mol.